The maximum Gasteiger partial charge on any atom is 0.161 e. The Balaban J connectivity index is 3.02. The van der Waals surface area contributed by atoms with E-state index < -0.39 is 0 Å². The maximum atomic E-state index is 5.76. The van der Waals surface area contributed by atoms with E-state index in [-0.39, 0.29) is 5.60 Å². The van der Waals surface area contributed by atoms with Crippen LogP contribution in [0.3, 0.4) is 0 Å². The van der Waals surface area contributed by atoms with Crippen molar-refractivity contribution in [1.29, 1.82) is 0 Å². The van der Waals surface area contributed by atoms with Gasteiger partial charge in [0.25, 0.3) is 0 Å². The lowest BCUT2D eigenvalue weighted by Crippen LogP contribution is -2.23. The van der Waals surface area contributed by atoms with Crippen LogP contribution in [0.15, 0.2) is 24.8 Å². The highest BCUT2D eigenvalue weighted by Crippen LogP contribution is 2.31. The van der Waals surface area contributed by atoms with E-state index in [2.05, 4.69) is 6.58 Å². The molecule has 0 radical (unpaired) electrons. The second kappa shape index (κ2) is 4.39. The van der Waals surface area contributed by atoms with E-state index in [1.807, 2.05) is 39.0 Å². The molecule has 0 aromatic heterocycles. The van der Waals surface area contributed by atoms with Gasteiger partial charge in [0.2, 0.25) is 0 Å². The van der Waals surface area contributed by atoms with Gasteiger partial charge < -0.3 is 9.47 Å². The van der Waals surface area contributed by atoms with Gasteiger partial charge >= 0.3 is 0 Å². The highest BCUT2D eigenvalue weighted by Gasteiger charge is 2.14. The Morgan fingerprint density at radius 1 is 1.20 bits per heavy atom. The molecular formula is C13H18O2. The Morgan fingerprint density at radius 3 is 2.33 bits per heavy atom. The van der Waals surface area contributed by atoms with Crippen molar-refractivity contribution in [3.63, 3.8) is 0 Å². The molecule has 0 aliphatic heterocycles. The first-order chi connectivity index (χ1) is 6.96. The monoisotopic (exact) mass is 206 g/mol. The summed E-state index contributed by atoms with van der Waals surface area (Å²) in [6.07, 6.45) is 1.78. The van der Waals surface area contributed by atoms with Gasteiger partial charge in [-0.15, -0.1) is 0 Å². The zero-order chi connectivity index (χ0) is 11.5. The summed E-state index contributed by atoms with van der Waals surface area (Å²) in [6, 6.07) is 5.77. The molecule has 0 aliphatic carbocycles. The topological polar surface area (TPSA) is 18.5 Å². The van der Waals surface area contributed by atoms with E-state index in [0.29, 0.717) is 0 Å². The summed E-state index contributed by atoms with van der Waals surface area (Å²) < 4.78 is 11.0. The minimum atomic E-state index is -0.219. The molecule has 2 nitrogen and oxygen atoms in total. The fourth-order valence-electron chi connectivity index (χ4n) is 1.23. The third-order valence-electron chi connectivity index (χ3n) is 1.84. The highest BCUT2D eigenvalue weighted by molar-refractivity contribution is 5.54. The molecule has 0 saturated heterocycles. The zero-order valence-electron chi connectivity index (χ0n) is 9.83. The van der Waals surface area contributed by atoms with E-state index in [4.69, 9.17) is 9.47 Å². The van der Waals surface area contributed by atoms with Crippen molar-refractivity contribution >= 4 is 6.08 Å². The first kappa shape index (κ1) is 11.6. The molecule has 0 atom stereocenters. The summed E-state index contributed by atoms with van der Waals surface area (Å²) in [7, 11) is 1.64. The molecule has 0 fully saturated rings. The summed E-state index contributed by atoms with van der Waals surface area (Å²) >= 11 is 0. The van der Waals surface area contributed by atoms with Crippen LogP contribution in [-0.4, -0.2) is 12.7 Å². The maximum absolute atomic E-state index is 5.76. The molecule has 1 aromatic rings. The van der Waals surface area contributed by atoms with E-state index in [9.17, 15) is 0 Å². The van der Waals surface area contributed by atoms with E-state index in [1.54, 1.807) is 13.2 Å². The van der Waals surface area contributed by atoms with Crippen LogP contribution in [0.4, 0.5) is 0 Å². The Kier molecular flexibility index (Phi) is 3.40. The molecular weight excluding hydrogens is 188 g/mol. The highest BCUT2D eigenvalue weighted by atomic mass is 16.5. The molecule has 0 aliphatic rings. The Hall–Kier alpha value is -1.44. The largest absolute Gasteiger partial charge is 0.493 e. The second-order valence-electron chi connectivity index (χ2n) is 4.33. The standard InChI is InChI=1S/C13H18O2/c1-6-10-7-8-11(12(9-10)14-5)15-13(2,3)4/h6-9H,1H2,2-5H3. The van der Waals surface area contributed by atoms with Crippen molar-refractivity contribution in [2.75, 3.05) is 7.11 Å². The third-order valence-corrected chi connectivity index (χ3v) is 1.84. The number of benzene rings is 1. The van der Waals surface area contributed by atoms with Crippen LogP contribution in [-0.2, 0) is 0 Å². The summed E-state index contributed by atoms with van der Waals surface area (Å²) in [5, 5.41) is 0. The van der Waals surface area contributed by atoms with E-state index in [0.717, 1.165) is 17.1 Å². The normalized spacial score (nSPS) is 10.9. The van der Waals surface area contributed by atoms with Gasteiger partial charge in [0.15, 0.2) is 11.5 Å². The van der Waals surface area contributed by atoms with Gasteiger partial charge in [-0.3, -0.25) is 0 Å². The molecule has 15 heavy (non-hydrogen) atoms. The smallest absolute Gasteiger partial charge is 0.161 e. The van der Waals surface area contributed by atoms with Crippen LogP contribution in [0.25, 0.3) is 6.08 Å². The molecule has 0 saturated carbocycles. The number of methoxy groups -OCH3 is 1. The number of hydrogen-bond donors (Lipinski definition) is 0. The summed E-state index contributed by atoms with van der Waals surface area (Å²) in [4.78, 5) is 0. The van der Waals surface area contributed by atoms with Gasteiger partial charge in [-0.2, -0.15) is 0 Å². The molecule has 0 N–H and O–H groups in total. The molecule has 0 unspecified atom stereocenters. The van der Waals surface area contributed by atoms with Crippen LogP contribution >= 0.6 is 0 Å². The van der Waals surface area contributed by atoms with Crippen LogP contribution in [0, 0.1) is 0 Å². The molecule has 0 bridgehead atoms. The quantitative estimate of drug-likeness (QED) is 0.753. The second-order valence-corrected chi connectivity index (χ2v) is 4.33. The minimum absolute atomic E-state index is 0.219. The zero-order valence-corrected chi connectivity index (χ0v) is 9.83. The van der Waals surface area contributed by atoms with Crippen molar-refractivity contribution in [3.05, 3.63) is 30.3 Å². The molecule has 2 heteroatoms. The summed E-state index contributed by atoms with van der Waals surface area (Å²) in [5.41, 5.74) is 0.802. The van der Waals surface area contributed by atoms with Crippen LogP contribution in [0.1, 0.15) is 26.3 Å². The van der Waals surface area contributed by atoms with E-state index in [1.165, 1.54) is 0 Å². The van der Waals surface area contributed by atoms with Gasteiger partial charge in [-0.25, -0.2) is 0 Å². The van der Waals surface area contributed by atoms with Crippen molar-refractivity contribution < 1.29 is 9.47 Å². The molecule has 0 amide bonds. The van der Waals surface area contributed by atoms with Crippen LogP contribution < -0.4 is 9.47 Å². The average molecular weight is 206 g/mol. The Morgan fingerprint density at radius 2 is 1.87 bits per heavy atom. The fraction of sp³-hybridized carbons (Fsp3) is 0.385. The van der Waals surface area contributed by atoms with Crippen LogP contribution in [0.5, 0.6) is 11.5 Å². The lowest BCUT2D eigenvalue weighted by molar-refractivity contribution is 0.125. The third kappa shape index (κ3) is 3.31. The van der Waals surface area contributed by atoms with Gasteiger partial charge in [0.05, 0.1) is 7.11 Å². The van der Waals surface area contributed by atoms with Crippen molar-refractivity contribution in [1.82, 2.24) is 0 Å². The van der Waals surface area contributed by atoms with Crippen LogP contribution in [0.2, 0.25) is 0 Å². The Labute approximate surface area is 91.5 Å². The van der Waals surface area contributed by atoms with Crippen molar-refractivity contribution in [3.8, 4) is 11.5 Å². The lowest BCUT2D eigenvalue weighted by atomic mass is 10.1. The summed E-state index contributed by atoms with van der Waals surface area (Å²) in [5.74, 6) is 1.50. The van der Waals surface area contributed by atoms with Crippen molar-refractivity contribution in [2.45, 2.75) is 26.4 Å². The number of ether oxygens (including phenoxy) is 2. The number of hydrogen-bond acceptors (Lipinski definition) is 2. The Bertz CT molecular complexity index is 348. The lowest BCUT2D eigenvalue weighted by Gasteiger charge is -2.22. The average Bonchev–Trinajstić information content (AvgIpc) is 2.16. The van der Waals surface area contributed by atoms with Gasteiger partial charge in [-0.1, -0.05) is 18.7 Å². The minimum Gasteiger partial charge on any atom is -0.493 e. The van der Waals surface area contributed by atoms with Gasteiger partial charge in [0, 0.05) is 0 Å². The van der Waals surface area contributed by atoms with Gasteiger partial charge in [0.1, 0.15) is 5.60 Å². The number of rotatable bonds is 3. The fourth-order valence-corrected chi connectivity index (χ4v) is 1.23. The van der Waals surface area contributed by atoms with Crippen molar-refractivity contribution in [2.24, 2.45) is 0 Å². The first-order valence-electron chi connectivity index (χ1n) is 4.96. The molecule has 0 spiro atoms. The van der Waals surface area contributed by atoms with E-state index >= 15 is 0 Å². The molecule has 82 valence electrons. The molecule has 1 aromatic carbocycles. The van der Waals surface area contributed by atoms with Gasteiger partial charge in [-0.05, 0) is 38.5 Å². The predicted molar refractivity (Wildman–Crippen MR) is 63.5 cm³/mol. The molecule has 0 heterocycles. The first-order valence-corrected chi connectivity index (χ1v) is 4.96. The predicted octanol–water partition coefficient (Wildman–Crippen LogP) is 3.52. The summed E-state index contributed by atoms with van der Waals surface area (Å²) in [6.45, 7) is 9.74. The molecule has 1 rings (SSSR count). The SMILES string of the molecule is C=Cc1ccc(OC(C)(C)C)c(OC)c1.